The number of nitrogens with zero attached hydrogens (tertiary/aromatic N) is 1. The van der Waals surface area contributed by atoms with Gasteiger partial charge in [-0.2, -0.15) is 0 Å². The standard InChI is InChI=1S/C20H22N2O5/c1-3-10-27-16-9-8-13(12-17(16)26-2)11-15-18(23)21-20(25)22(19(15)24)14-6-4-5-7-14/h3,8-9,11-12,14H,1,4-7,10H2,2H3,(H,21,23,25)/b15-11+. The van der Waals surface area contributed by atoms with Gasteiger partial charge in [-0.1, -0.05) is 31.6 Å². The van der Waals surface area contributed by atoms with Crippen LogP contribution >= 0.6 is 0 Å². The summed E-state index contributed by atoms with van der Waals surface area (Å²) in [4.78, 5) is 38.4. The number of ether oxygens (including phenoxy) is 2. The predicted octanol–water partition coefficient (Wildman–Crippen LogP) is 2.66. The van der Waals surface area contributed by atoms with E-state index in [1.54, 1.807) is 24.3 Å². The minimum atomic E-state index is -0.690. The number of nitrogens with one attached hydrogen (secondary N) is 1. The summed E-state index contributed by atoms with van der Waals surface area (Å²) in [5.74, 6) is -0.243. The Morgan fingerprint density at radius 3 is 2.63 bits per heavy atom. The Bertz CT molecular complexity index is 809. The topological polar surface area (TPSA) is 84.9 Å². The summed E-state index contributed by atoms with van der Waals surface area (Å²) in [7, 11) is 1.51. The minimum absolute atomic E-state index is 0.0664. The van der Waals surface area contributed by atoms with E-state index in [2.05, 4.69) is 11.9 Å². The molecule has 0 bridgehead atoms. The minimum Gasteiger partial charge on any atom is -0.493 e. The Morgan fingerprint density at radius 1 is 1.22 bits per heavy atom. The number of imide groups is 2. The first-order valence-electron chi connectivity index (χ1n) is 8.87. The molecule has 0 spiro atoms. The highest BCUT2D eigenvalue weighted by Gasteiger charge is 2.40. The van der Waals surface area contributed by atoms with Crippen LogP contribution in [0.15, 0.2) is 36.4 Å². The molecule has 1 aliphatic heterocycles. The number of methoxy groups -OCH3 is 1. The van der Waals surface area contributed by atoms with Gasteiger partial charge in [0.1, 0.15) is 12.2 Å². The lowest BCUT2D eigenvalue weighted by Gasteiger charge is -2.31. The number of barbiturate groups is 1. The van der Waals surface area contributed by atoms with Crippen molar-refractivity contribution in [2.24, 2.45) is 0 Å². The van der Waals surface area contributed by atoms with Gasteiger partial charge < -0.3 is 9.47 Å². The van der Waals surface area contributed by atoms with Crippen molar-refractivity contribution in [3.8, 4) is 11.5 Å². The zero-order valence-corrected chi connectivity index (χ0v) is 15.2. The summed E-state index contributed by atoms with van der Waals surface area (Å²) in [6.07, 6.45) is 6.56. The van der Waals surface area contributed by atoms with Crippen LogP contribution in [-0.4, -0.2) is 42.5 Å². The zero-order valence-electron chi connectivity index (χ0n) is 15.2. The Kier molecular flexibility index (Phi) is 5.59. The van der Waals surface area contributed by atoms with Crippen molar-refractivity contribution in [1.82, 2.24) is 10.2 Å². The van der Waals surface area contributed by atoms with E-state index in [4.69, 9.17) is 9.47 Å². The fraction of sp³-hybridized carbons (Fsp3) is 0.350. The lowest BCUT2D eigenvalue weighted by atomic mass is 10.0. The number of carbonyl (C=O) groups is 3. The lowest BCUT2D eigenvalue weighted by molar-refractivity contribution is -0.131. The van der Waals surface area contributed by atoms with Gasteiger partial charge in [-0.3, -0.25) is 19.8 Å². The van der Waals surface area contributed by atoms with Crippen LogP contribution in [0, 0.1) is 0 Å². The highest BCUT2D eigenvalue weighted by Crippen LogP contribution is 2.30. The maximum atomic E-state index is 12.8. The zero-order chi connectivity index (χ0) is 19.4. The summed E-state index contributed by atoms with van der Waals surface area (Å²) < 4.78 is 10.8. The number of hydrogen-bond acceptors (Lipinski definition) is 5. The summed E-state index contributed by atoms with van der Waals surface area (Å²) in [5, 5.41) is 2.27. The molecule has 142 valence electrons. The second-order valence-corrected chi connectivity index (χ2v) is 6.44. The number of hydrogen-bond donors (Lipinski definition) is 1. The van der Waals surface area contributed by atoms with Crippen LogP contribution in [0.3, 0.4) is 0 Å². The van der Waals surface area contributed by atoms with E-state index in [1.165, 1.54) is 18.1 Å². The number of urea groups is 1. The number of rotatable bonds is 6. The first kappa shape index (κ1) is 18.7. The normalized spacial score (nSPS) is 19.4. The van der Waals surface area contributed by atoms with E-state index in [0.717, 1.165) is 25.7 Å². The highest BCUT2D eigenvalue weighted by molar-refractivity contribution is 6.31. The molecule has 1 saturated carbocycles. The van der Waals surface area contributed by atoms with Gasteiger partial charge >= 0.3 is 6.03 Å². The molecule has 1 N–H and O–H groups in total. The van der Waals surface area contributed by atoms with Crippen LogP contribution in [-0.2, 0) is 9.59 Å². The maximum absolute atomic E-state index is 12.8. The number of amides is 4. The van der Waals surface area contributed by atoms with Crippen molar-refractivity contribution >= 4 is 23.9 Å². The molecular weight excluding hydrogens is 348 g/mol. The van der Waals surface area contributed by atoms with Gasteiger partial charge in [0.05, 0.1) is 7.11 Å². The third-order valence-corrected chi connectivity index (χ3v) is 4.68. The summed E-state index contributed by atoms with van der Waals surface area (Å²) in [6.45, 7) is 3.93. The van der Waals surface area contributed by atoms with Crippen LogP contribution in [0.1, 0.15) is 31.2 Å². The summed E-state index contributed by atoms with van der Waals surface area (Å²) >= 11 is 0. The molecule has 1 aromatic rings. The van der Waals surface area contributed by atoms with Crippen LogP contribution < -0.4 is 14.8 Å². The largest absolute Gasteiger partial charge is 0.493 e. The van der Waals surface area contributed by atoms with Crippen molar-refractivity contribution in [3.05, 3.63) is 42.0 Å². The first-order chi connectivity index (χ1) is 13.0. The van der Waals surface area contributed by atoms with Gasteiger partial charge in [0, 0.05) is 6.04 Å². The van der Waals surface area contributed by atoms with E-state index in [-0.39, 0.29) is 11.6 Å². The third kappa shape index (κ3) is 3.86. The maximum Gasteiger partial charge on any atom is 0.331 e. The smallest absolute Gasteiger partial charge is 0.331 e. The van der Waals surface area contributed by atoms with Crippen LogP contribution in [0.4, 0.5) is 4.79 Å². The number of carbonyl (C=O) groups excluding carboxylic acids is 3. The molecular formula is C20H22N2O5. The summed E-state index contributed by atoms with van der Waals surface area (Å²) in [6, 6.07) is 4.28. The molecule has 0 aromatic heterocycles. The van der Waals surface area contributed by atoms with E-state index < -0.39 is 17.8 Å². The first-order valence-corrected chi connectivity index (χ1v) is 8.87. The molecule has 3 rings (SSSR count). The molecule has 1 aliphatic carbocycles. The van der Waals surface area contributed by atoms with Crippen molar-refractivity contribution in [2.75, 3.05) is 13.7 Å². The fourth-order valence-corrected chi connectivity index (χ4v) is 3.37. The molecule has 27 heavy (non-hydrogen) atoms. The second kappa shape index (κ2) is 8.07. The van der Waals surface area contributed by atoms with E-state index in [1.807, 2.05) is 0 Å². The monoisotopic (exact) mass is 370 g/mol. The van der Waals surface area contributed by atoms with E-state index in [9.17, 15) is 14.4 Å². The SMILES string of the molecule is C=CCOc1ccc(/C=C2\C(=O)NC(=O)N(C3CCCC3)C2=O)cc1OC. The summed E-state index contributed by atoms with van der Waals surface area (Å²) in [5.41, 5.74) is 0.528. The van der Waals surface area contributed by atoms with Crippen molar-refractivity contribution < 1.29 is 23.9 Å². The number of benzene rings is 1. The Morgan fingerprint density at radius 2 is 1.96 bits per heavy atom. The van der Waals surface area contributed by atoms with Gasteiger partial charge in [-0.25, -0.2) is 4.79 Å². The molecule has 2 aliphatic rings. The lowest BCUT2D eigenvalue weighted by Crippen LogP contribution is -2.57. The predicted molar refractivity (Wildman–Crippen MR) is 99.3 cm³/mol. The fourth-order valence-electron chi connectivity index (χ4n) is 3.37. The average molecular weight is 370 g/mol. The van der Waals surface area contributed by atoms with Gasteiger partial charge in [0.2, 0.25) is 0 Å². The van der Waals surface area contributed by atoms with Gasteiger partial charge in [-0.05, 0) is 36.6 Å². The molecule has 0 radical (unpaired) electrons. The Labute approximate surface area is 157 Å². The molecule has 0 atom stereocenters. The van der Waals surface area contributed by atoms with Crippen molar-refractivity contribution in [3.63, 3.8) is 0 Å². The molecule has 1 saturated heterocycles. The van der Waals surface area contributed by atoms with Gasteiger partial charge in [0.25, 0.3) is 11.8 Å². The molecule has 7 heteroatoms. The molecule has 7 nitrogen and oxygen atoms in total. The quantitative estimate of drug-likeness (QED) is 0.473. The second-order valence-electron chi connectivity index (χ2n) is 6.44. The van der Waals surface area contributed by atoms with Crippen molar-refractivity contribution in [1.29, 1.82) is 0 Å². The van der Waals surface area contributed by atoms with Gasteiger partial charge in [-0.15, -0.1) is 0 Å². The Hall–Kier alpha value is -3.09. The average Bonchev–Trinajstić information content (AvgIpc) is 3.17. The molecule has 1 aromatic carbocycles. The van der Waals surface area contributed by atoms with Crippen molar-refractivity contribution in [2.45, 2.75) is 31.7 Å². The van der Waals surface area contributed by atoms with Crippen LogP contribution in [0.25, 0.3) is 6.08 Å². The van der Waals surface area contributed by atoms with Crippen LogP contribution in [0.2, 0.25) is 0 Å². The van der Waals surface area contributed by atoms with E-state index >= 15 is 0 Å². The molecule has 0 unspecified atom stereocenters. The van der Waals surface area contributed by atoms with E-state index in [0.29, 0.717) is 23.7 Å². The van der Waals surface area contributed by atoms with Crippen LogP contribution in [0.5, 0.6) is 11.5 Å². The van der Waals surface area contributed by atoms with Gasteiger partial charge in [0.15, 0.2) is 11.5 Å². The highest BCUT2D eigenvalue weighted by atomic mass is 16.5. The molecule has 1 heterocycles. The molecule has 2 fully saturated rings. The third-order valence-electron chi connectivity index (χ3n) is 4.68. The Balaban J connectivity index is 1.90. The molecule has 4 amide bonds.